The van der Waals surface area contributed by atoms with Crippen LogP contribution in [0.2, 0.25) is 0 Å². The van der Waals surface area contributed by atoms with Gasteiger partial charge >= 0.3 is 0 Å². The fraction of sp³-hybridized carbons (Fsp3) is 0.179. The first-order valence-electron chi connectivity index (χ1n) is 11.7. The number of rotatable bonds is 8. The molecule has 0 bridgehead atoms. The molecule has 2 aromatic heterocycles. The van der Waals surface area contributed by atoms with Gasteiger partial charge in [0.1, 0.15) is 5.82 Å². The SMILES string of the molecule is CCn1c(CNC(=O)c2nn(-c3ccccc3)cc2-c2ccc(OC)c(OC)c2)nc2ccccc21. The van der Waals surface area contributed by atoms with Crippen LogP contribution in [0, 0.1) is 0 Å². The molecule has 5 aromatic rings. The largest absolute Gasteiger partial charge is 0.493 e. The lowest BCUT2D eigenvalue weighted by atomic mass is 10.1. The van der Waals surface area contributed by atoms with Gasteiger partial charge in [-0.05, 0) is 48.9 Å². The average molecular weight is 482 g/mol. The summed E-state index contributed by atoms with van der Waals surface area (Å²) >= 11 is 0. The number of fused-ring (bicyclic) bond motifs is 1. The highest BCUT2D eigenvalue weighted by Gasteiger charge is 2.21. The molecule has 0 saturated carbocycles. The van der Waals surface area contributed by atoms with E-state index in [-0.39, 0.29) is 12.5 Å². The summed E-state index contributed by atoms with van der Waals surface area (Å²) in [6.07, 6.45) is 1.85. The molecule has 2 heterocycles. The monoisotopic (exact) mass is 481 g/mol. The van der Waals surface area contributed by atoms with Gasteiger partial charge in [-0.2, -0.15) is 5.10 Å². The predicted octanol–water partition coefficient (Wildman–Crippen LogP) is 4.86. The number of nitrogens with zero attached hydrogens (tertiary/aromatic N) is 4. The average Bonchev–Trinajstić information content (AvgIpc) is 3.53. The molecule has 0 aliphatic rings. The minimum absolute atomic E-state index is 0.283. The van der Waals surface area contributed by atoms with Crippen LogP contribution in [0.3, 0.4) is 0 Å². The van der Waals surface area contributed by atoms with Gasteiger partial charge in [-0.3, -0.25) is 4.79 Å². The van der Waals surface area contributed by atoms with Crippen LogP contribution < -0.4 is 14.8 Å². The number of benzene rings is 3. The zero-order valence-electron chi connectivity index (χ0n) is 20.4. The van der Waals surface area contributed by atoms with Crippen molar-refractivity contribution in [2.45, 2.75) is 20.0 Å². The first-order valence-corrected chi connectivity index (χ1v) is 11.7. The smallest absolute Gasteiger partial charge is 0.272 e. The number of para-hydroxylation sites is 3. The van der Waals surface area contributed by atoms with E-state index in [0.717, 1.165) is 34.7 Å². The van der Waals surface area contributed by atoms with Gasteiger partial charge in [0.2, 0.25) is 0 Å². The first-order chi connectivity index (χ1) is 17.6. The number of hydrogen-bond donors (Lipinski definition) is 1. The Morgan fingerprint density at radius 1 is 0.944 bits per heavy atom. The van der Waals surface area contributed by atoms with Gasteiger partial charge in [0.25, 0.3) is 5.91 Å². The summed E-state index contributed by atoms with van der Waals surface area (Å²) in [6.45, 7) is 3.10. The Morgan fingerprint density at radius 2 is 1.69 bits per heavy atom. The number of hydrogen-bond acceptors (Lipinski definition) is 5. The lowest BCUT2D eigenvalue weighted by Crippen LogP contribution is -2.25. The van der Waals surface area contributed by atoms with Crippen LogP contribution >= 0.6 is 0 Å². The van der Waals surface area contributed by atoms with Crippen LogP contribution in [-0.4, -0.2) is 39.5 Å². The molecule has 0 radical (unpaired) electrons. The van der Waals surface area contributed by atoms with Crippen LogP contribution in [0.4, 0.5) is 0 Å². The van der Waals surface area contributed by atoms with Crippen molar-refractivity contribution in [1.29, 1.82) is 0 Å². The maximum atomic E-state index is 13.5. The maximum Gasteiger partial charge on any atom is 0.272 e. The Labute approximate surface area is 209 Å². The summed E-state index contributed by atoms with van der Waals surface area (Å²) in [5, 5.41) is 7.68. The van der Waals surface area contributed by atoms with Crippen molar-refractivity contribution in [2.24, 2.45) is 0 Å². The number of imidazole rings is 1. The third-order valence-electron chi connectivity index (χ3n) is 6.10. The van der Waals surface area contributed by atoms with Crippen molar-refractivity contribution < 1.29 is 14.3 Å². The van der Waals surface area contributed by atoms with Gasteiger partial charge in [0.15, 0.2) is 17.2 Å². The van der Waals surface area contributed by atoms with E-state index in [1.165, 1.54) is 0 Å². The zero-order chi connectivity index (χ0) is 25.1. The normalized spacial score (nSPS) is 11.0. The van der Waals surface area contributed by atoms with Gasteiger partial charge in [-0.25, -0.2) is 9.67 Å². The number of nitrogens with one attached hydrogen (secondary N) is 1. The fourth-order valence-corrected chi connectivity index (χ4v) is 4.33. The molecule has 36 heavy (non-hydrogen) atoms. The Hall–Kier alpha value is -4.59. The van der Waals surface area contributed by atoms with Crippen molar-refractivity contribution in [3.8, 4) is 28.3 Å². The Bertz CT molecular complexity index is 1520. The van der Waals surface area contributed by atoms with Crippen LogP contribution in [0.5, 0.6) is 11.5 Å². The van der Waals surface area contributed by atoms with Gasteiger partial charge in [0.05, 0.1) is 37.5 Å². The Kier molecular flexibility index (Phi) is 6.40. The van der Waals surface area contributed by atoms with E-state index in [9.17, 15) is 4.79 Å². The van der Waals surface area contributed by atoms with E-state index < -0.39 is 0 Å². The summed E-state index contributed by atoms with van der Waals surface area (Å²) < 4.78 is 14.7. The topological polar surface area (TPSA) is 83.2 Å². The van der Waals surface area contributed by atoms with E-state index in [4.69, 9.17) is 14.5 Å². The second-order valence-corrected chi connectivity index (χ2v) is 8.18. The highest BCUT2D eigenvalue weighted by Crippen LogP contribution is 2.34. The molecule has 0 aliphatic carbocycles. The second kappa shape index (κ2) is 9.95. The lowest BCUT2D eigenvalue weighted by Gasteiger charge is -2.10. The summed E-state index contributed by atoms with van der Waals surface area (Å²) in [6, 6.07) is 23.2. The minimum atomic E-state index is -0.288. The van der Waals surface area contributed by atoms with Gasteiger partial charge in [-0.1, -0.05) is 36.4 Å². The highest BCUT2D eigenvalue weighted by atomic mass is 16.5. The number of methoxy groups -OCH3 is 2. The molecular weight excluding hydrogens is 454 g/mol. The molecule has 8 heteroatoms. The van der Waals surface area contributed by atoms with Crippen LogP contribution in [0.25, 0.3) is 27.8 Å². The van der Waals surface area contributed by atoms with E-state index in [0.29, 0.717) is 22.8 Å². The van der Waals surface area contributed by atoms with Crippen LogP contribution in [0.15, 0.2) is 79.0 Å². The lowest BCUT2D eigenvalue weighted by molar-refractivity contribution is 0.0944. The van der Waals surface area contributed by atoms with Gasteiger partial charge < -0.3 is 19.4 Å². The number of carbonyl (C=O) groups is 1. The van der Waals surface area contributed by atoms with Gasteiger partial charge in [-0.15, -0.1) is 0 Å². The predicted molar refractivity (Wildman–Crippen MR) is 139 cm³/mol. The Morgan fingerprint density at radius 3 is 2.44 bits per heavy atom. The van der Waals surface area contributed by atoms with Crippen molar-refractivity contribution in [3.05, 3.63) is 90.5 Å². The number of aryl methyl sites for hydroxylation is 1. The van der Waals surface area contributed by atoms with E-state index in [1.54, 1.807) is 18.9 Å². The minimum Gasteiger partial charge on any atom is -0.493 e. The molecule has 0 aliphatic heterocycles. The fourth-order valence-electron chi connectivity index (χ4n) is 4.33. The van der Waals surface area contributed by atoms with E-state index in [2.05, 4.69) is 21.9 Å². The molecule has 0 unspecified atom stereocenters. The summed E-state index contributed by atoms with van der Waals surface area (Å²) in [5.74, 6) is 1.69. The molecule has 5 rings (SSSR count). The molecule has 0 spiro atoms. The van der Waals surface area contributed by atoms with Crippen molar-refractivity contribution in [2.75, 3.05) is 14.2 Å². The third kappa shape index (κ3) is 4.29. The molecule has 0 atom stereocenters. The summed E-state index contributed by atoms with van der Waals surface area (Å²) in [7, 11) is 3.18. The van der Waals surface area contributed by atoms with Gasteiger partial charge in [0, 0.05) is 18.3 Å². The molecule has 182 valence electrons. The number of ether oxygens (including phenoxy) is 2. The van der Waals surface area contributed by atoms with Crippen LogP contribution in [-0.2, 0) is 13.1 Å². The van der Waals surface area contributed by atoms with E-state index >= 15 is 0 Å². The van der Waals surface area contributed by atoms with Crippen LogP contribution in [0.1, 0.15) is 23.2 Å². The zero-order valence-corrected chi connectivity index (χ0v) is 20.4. The van der Waals surface area contributed by atoms with Crippen molar-refractivity contribution >= 4 is 16.9 Å². The third-order valence-corrected chi connectivity index (χ3v) is 6.10. The molecule has 0 saturated heterocycles. The Balaban J connectivity index is 1.51. The molecule has 1 amide bonds. The second-order valence-electron chi connectivity index (χ2n) is 8.18. The summed E-state index contributed by atoms with van der Waals surface area (Å²) in [4.78, 5) is 18.2. The van der Waals surface area contributed by atoms with Crippen molar-refractivity contribution in [3.63, 3.8) is 0 Å². The highest BCUT2D eigenvalue weighted by molar-refractivity contribution is 5.99. The van der Waals surface area contributed by atoms with Crippen molar-refractivity contribution in [1.82, 2.24) is 24.6 Å². The number of aromatic nitrogens is 4. The molecule has 1 N–H and O–H groups in total. The standard InChI is InChI=1S/C28H27N5O3/c1-4-32-23-13-9-8-12-22(23)30-26(32)17-29-28(34)27-21(18-33(31-27)20-10-6-5-7-11-20)19-14-15-24(35-2)25(16-19)36-3/h5-16,18H,4,17H2,1-3H3,(H,29,34). The molecular formula is C28H27N5O3. The maximum absolute atomic E-state index is 13.5. The molecule has 0 fully saturated rings. The molecule has 3 aromatic carbocycles. The number of amides is 1. The first kappa shape index (κ1) is 23.2. The quantitative estimate of drug-likeness (QED) is 0.342. The summed E-state index contributed by atoms with van der Waals surface area (Å²) in [5.41, 5.74) is 4.59. The number of carbonyl (C=O) groups excluding carboxylic acids is 1. The van der Waals surface area contributed by atoms with E-state index in [1.807, 2.05) is 79.0 Å². The molecule has 8 nitrogen and oxygen atoms in total.